The molecule has 0 spiro atoms. The Labute approximate surface area is 137 Å². The number of H-pyrrole nitrogens is 1. The highest BCUT2D eigenvalue weighted by atomic mass is 32.2. The fourth-order valence-corrected chi connectivity index (χ4v) is 5.51. The first-order valence-corrected chi connectivity index (χ1v) is 10.0. The van der Waals surface area contributed by atoms with Crippen molar-refractivity contribution in [2.24, 2.45) is 5.92 Å². The number of likely N-dealkylation sites (tertiary alicyclic amines) is 1. The van der Waals surface area contributed by atoms with Gasteiger partial charge in [0.1, 0.15) is 0 Å². The van der Waals surface area contributed by atoms with E-state index in [0.29, 0.717) is 6.04 Å². The lowest BCUT2D eigenvalue weighted by atomic mass is 9.72. The van der Waals surface area contributed by atoms with Gasteiger partial charge in [0.2, 0.25) is 0 Å². The minimum atomic E-state index is 0.715. The smallest absolute Gasteiger partial charge is 0.0459 e. The molecule has 0 saturated carbocycles. The van der Waals surface area contributed by atoms with E-state index >= 15 is 0 Å². The van der Waals surface area contributed by atoms with E-state index in [9.17, 15) is 0 Å². The predicted molar refractivity (Wildman–Crippen MR) is 96.9 cm³/mol. The minimum Gasteiger partial charge on any atom is -0.361 e. The van der Waals surface area contributed by atoms with Crippen molar-refractivity contribution in [1.29, 1.82) is 0 Å². The summed E-state index contributed by atoms with van der Waals surface area (Å²) in [5.41, 5.74) is 4.48. The minimum absolute atomic E-state index is 0.715. The van der Waals surface area contributed by atoms with Gasteiger partial charge in [0, 0.05) is 35.6 Å². The molecule has 1 unspecified atom stereocenters. The summed E-state index contributed by atoms with van der Waals surface area (Å²) in [7, 11) is 0. The van der Waals surface area contributed by atoms with Crippen molar-refractivity contribution in [3.63, 3.8) is 0 Å². The van der Waals surface area contributed by atoms with Gasteiger partial charge < -0.3 is 4.98 Å². The number of nitrogens with one attached hydrogen (secondary N) is 1. The van der Waals surface area contributed by atoms with Crippen LogP contribution >= 0.6 is 11.8 Å². The predicted octanol–water partition coefficient (Wildman–Crippen LogP) is 4.27. The monoisotopic (exact) mass is 314 g/mol. The number of nitrogens with zero attached hydrogens (tertiary/aromatic N) is 1. The van der Waals surface area contributed by atoms with Gasteiger partial charge in [-0.2, -0.15) is 11.8 Å². The van der Waals surface area contributed by atoms with E-state index in [4.69, 9.17) is 0 Å². The lowest BCUT2D eigenvalue weighted by Crippen LogP contribution is -2.50. The molecule has 1 N–H and O–H groups in total. The number of hydrogen-bond donors (Lipinski definition) is 1. The van der Waals surface area contributed by atoms with Crippen LogP contribution in [0.1, 0.15) is 36.8 Å². The van der Waals surface area contributed by atoms with Gasteiger partial charge in [0.05, 0.1) is 0 Å². The summed E-state index contributed by atoms with van der Waals surface area (Å²) in [5.74, 6) is 2.88. The zero-order valence-electron chi connectivity index (χ0n) is 13.6. The van der Waals surface area contributed by atoms with Crippen LogP contribution in [0.2, 0.25) is 0 Å². The lowest BCUT2D eigenvalue weighted by molar-refractivity contribution is 0.0926. The maximum atomic E-state index is 3.49. The molecule has 2 aliphatic rings. The topological polar surface area (TPSA) is 19.0 Å². The molecule has 2 heterocycles. The zero-order valence-corrected chi connectivity index (χ0v) is 14.5. The van der Waals surface area contributed by atoms with Crippen LogP contribution in [-0.2, 0) is 6.42 Å². The Morgan fingerprint density at radius 3 is 3.09 bits per heavy atom. The normalized spacial score (nSPS) is 28.0. The summed E-state index contributed by atoms with van der Waals surface area (Å²) in [5, 5.41) is 1.53. The standard InChI is InChI=1S/C19H26N2S/c1-3-7-21-11-13(12-22-2)8-16-15-5-4-6-17-19(15)14(10-20-17)9-18(16)21/h4-6,10,13,16,18,20H,3,7-9,11-12H2,1-2H3/t13-,16?,18+/m0/s1. The van der Waals surface area contributed by atoms with Crippen LogP contribution in [0.15, 0.2) is 24.4 Å². The highest BCUT2D eigenvalue weighted by Gasteiger charge is 2.40. The van der Waals surface area contributed by atoms with Gasteiger partial charge in [-0.05, 0) is 60.9 Å². The average molecular weight is 314 g/mol. The zero-order chi connectivity index (χ0) is 15.1. The van der Waals surface area contributed by atoms with Crippen molar-refractivity contribution in [3.05, 3.63) is 35.5 Å². The lowest BCUT2D eigenvalue weighted by Gasteiger charge is -2.47. The number of aromatic nitrogens is 1. The van der Waals surface area contributed by atoms with Crippen LogP contribution in [0.3, 0.4) is 0 Å². The van der Waals surface area contributed by atoms with Gasteiger partial charge in [-0.15, -0.1) is 0 Å². The van der Waals surface area contributed by atoms with Crippen molar-refractivity contribution in [1.82, 2.24) is 9.88 Å². The fourth-order valence-electron chi connectivity index (χ4n) is 4.80. The molecular formula is C19H26N2S. The van der Waals surface area contributed by atoms with Gasteiger partial charge in [-0.3, -0.25) is 4.90 Å². The second kappa shape index (κ2) is 5.93. The van der Waals surface area contributed by atoms with Crippen molar-refractivity contribution in [2.75, 3.05) is 25.1 Å². The molecular weight excluding hydrogens is 288 g/mol. The first-order chi connectivity index (χ1) is 10.8. The van der Waals surface area contributed by atoms with Crippen LogP contribution in [0.25, 0.3) is 10.9 Å². The van der Waals surface area contributed by atoms with Gasteiger partial charge in [0.15, 0.2) is 0 Å². The molecule has 3 heteroatoms. The third-order valence-electron chi connectivity index (χ3n) is 5.57. The van der Waals surface area contributed by atoms with E-state index in [1.54, 1.807) is 5.56 Å². The first kappa shape index (κ1) is 14.6. The molecule has 22 heavy (non-hydrogen) atoms. The average Bonchev–Trinajstić information content (AvgIpc) is 2.94. The molecule has 0 amide bonds. The third kappa shape index (κ3) is 2.30. The maximum absolute atomic E-state index is 3.49. The third-order valence-corrected chi connectivity index (χ3v) is 6.38. The van der Waals surface area contributed by atoms with Crippen molar-refractivity contribution in [3.8, 4) is 0 Å². The summed E-state index contributed by atoms with van der Waals surface area (Å²) in [6.07, 6.45) is 8.37. The van der Waals surface area contributed by atoms with Gasteiger partial charge in [-0.25, -0.2) is 0 Å². The Bertz CT molecular complexity index is 662. The summed E-state index contributed by atoms with van der Waals surface area (Å²) >= 11 is 2.01. The van der Waals surface area contributed by atoms with Crippen LogP contribution in [0.4, 0.5) is 0 Å². The molecule has 0 bridgehead atoms. The van der Waals surface area contributed by atoms with E-state index in [1.807, 2.05) is 11.8 Å². The summed E-state index contributed by atoms with van der Waals surface area (Å²) < 4.78 is 0. The van der Waals surface area contributed by atoms with E-state index in [-0.39, 0.29) is 0 Å². The largest absolute Gasteiger partial charge is 0.361 e. The van der Waals surface area contributed by atoms with E-state index in [2.05, 4.69) is 47.5 Å². The van der Waals surface area contributed by atoms with Crippen LogP contribution in [-0.4, -0.2) is 41.0 Å². The van der Waals surface area contributed by atoms with Crippen LogP contribution < -0.4 is 0 Å². The molecule has 1 aliphatic carbocycles. The molecule has 1 saturated heterocycles. The summed E-state index contributed by atoms with van der Waals surface area (Å²) in [6.45, 7) is 4.87. The Kier molecular flexibility index (Phi) is 3.95. The molecule has 2 aromatic rings. The molecule has 1 fully saturated rings. The number of aromatic amines is 1. The molecule has 3 atom stereocenters. The van der Waals surface area contributed by atoms with E-state index < -0.39 is 0 Å². The molecule has 1 aromatic heterocycles. The highest BCUT2D eigenvalue weighted by Crippen LogP contribution is 2.45. The Morgan fingerprint density at radius 2 is 2.27 bits per heavy atom. The molecule has 1 aromatic carbocycles. The van der Waals surface area contributed by atoms with Crippen LogP contribution in [0.5, 0.6) is 0 Å². The number of piperidine rings is 1. The van der Waals surface area contributed by atoms with Gasteiger partial charge in [-0.1, -0.05) is 19.1 Å². The second-order valence-corrected chi connectivity index (χ2v) is 7.92. The molecule has 0 radical (unpaired) electrons. The van der Waals surface area contributed by atoms with E-state index in [1.165, 1.54) is 54.6 Å². The van der Waals surface area contributed by atoms with Crippen molar-refractivity contribution in [2.45, 2.75) is 38.1 Å². The number of rotatable bonds is 4. The Balaban J connectivity index is 1.75. The first-order valence-electron chi connectivity index (χ1n) is 8.63. The maximum Gasteiger partial charge on any atom is 0.0459 e. The molecule has 4 rings (SSSR count). The number of fused-ring (bicyclic) bond motifs is 2. The number of benzene rings is 1. The van der Waals surface area contributed by atoms with Crippen LogP contribution in [0, 0.1) is 5.92 Å². The molecule has 118 valence electrons. The Morgan fingerprint density at radius 1 is 1.36 bits per heavy atom. The Hall–Kier alpha value is -0.930. The number of thioether (sulfide) groups is 1. The summed E-state index contributed by atoms with van der Waals surface area (Å²) in [6, 6.07) is 7.58. The van der Waals surface area contributed by atoms with Gasteiger partial charge in [0.25, 0.3) is 0 Å². The quantitative estimate of drug-likeness (QED) is 0.909. The molecule has 2 nitrogen and oxygen atoms in total. The second-order valence-electron chi connectivity index (χ2n) is 7.01. The van der Waals surface area contributed by atoms with Gasteiger partial charge >= 0.3 is 0 Å². The SMILES string of the molecule is CCCN1C[C@@H](CSC)CC2c3cccc4[nH]cc(c34)C[C@H]21. The molecule has 1 aliphatic heterocycles. The summed E-state index contributed by atoms with van der Waals surface area (Å²) in [4.78, 5) is 6.29. The van der Waals surface area contributed by atoms with Crippen molar-refractivity contribution < 1.29 is 0 Å². The van der Waals surface area contributed by atoms with Crippen molar-refractivity contribution >= 4 is 22.7 Å². The number of hydrogen-bond acceptors (Lipinski definition) is 2. The fraction of sp³-hybridized carbons (Fsp3) is 0.579. The highest BCUT2D eigenvalue weighted by molar-refractivity contribution is 7.98. The van der Waals surface area contributed by atoms with E-state index in [0.717, 1.165) is 11.8 Å².